The highest BCUT2D eigenvalue weighted by Gasteiger charge is 2.25. The highest BCUT2D eigenvalue weighted by atomic mass is 19.4. The molecule has 26 heavy (non-hydrogen) atoms. The molecule has 2 N–H and O–H groups in total. The molecule has 1 fully saturated rings. The number of hydrogen-bond donors (Lipinski definition) is 2. The topological polar surface area (TPSA) is 76.7 Å². The van der Waals surface area contributed by atoms with Gasteiger partial charge < -0.3 is 20.1 Å². The van der Waals surface area contributed by atoms with E-state index >= 15 is 0 Å². The molecule has 6 nitrogen and oxygen atoms in total. The molecule has 0 bridgehead atoms. The van der Waals surface area contributed by atoms with Gasteiger partial charge in [-0.2, -0.15) is 13.2 Å². The van der Waals surface area contributed by atoms with Gasteiger partial charge in [0.05, 0.1) is 6.04 Å². The van der Waals surface area contributed by atoms with Crippen molar-refractivity contribution in [3.05, 3.63) is 23.8 Å². The van der Waals surface area contributed by atoms with E-state index in [1.54, 1.807) is 0 Å². The lowest BCUT2D eigenvalue weighted by atomic mass is 9.96. The Morgan fingerprint density at radius 3 is 2.50 bits per heavy atom. The molecule has 0 radical (unpaired) electrons. The number of alkyl halides is 3. The zero-order chi connectivity index (χ0) is 19.2. The largest absolute Gasteiger partial charge is 0.454 e. The maximum Gasteiger partial charge on any atom is 0.446 e. The summed E-state index contributed by atoms with van der Waals surface area (Å²) in [5, 5.41) is 6.37. The SMILES string of the molecule is CC(NC(=O)C1CCNCC1)c1ccc2c(c1)OCO2.O=CC(F)(F)F. The van der Waals surface area contributed by atoms with Gasteiger partial charge in [0.2, 0.25) is 19.0 Å². The zero-order valence-electron chi connectivity index (χ0n) is 14.3. The van der Waals surface area contributed by atoms with Gasteiger partial charge in [-0.1, -0.05) is 6.07 Å². The van der Waals surface area contributed by atoms with Crippen LogP contribution in [0.4, 0.5) is 13.2 Å². The summed E-state index contributed by atoms with van der Waals surface area (Å²) in [7, 11) is 0. The van der Waals surface area contributed by atoms with Crippen LogP contribution >= 0.6 is 0 Å². The second-order valence-corrected chi connectivity index (χ2v) is 6.03. The summed E-state index contributed by atoms with van der Waals surface area (Å²) in [6, 6.07) is 5.79. The standard InChI is InChI=1S/C15H20N2O3.C2HF3O/c1-10(17-15(18)11-4-6-16-7-5-11)12-2-3-13-14(8-12)20-9-19-13;3-2(4,5)1-6/h2-3,8,10-11,16H,4-7,9H2,1H3,(H,17,18);1H. The maximum absolute atomic E-state index is 12.2. The van der Waals surface area contributed by atoms with Crippen molar-refractivity contribution in [1.82, 2.24) is 10.6 Å². The second-order valence-electron chi connectivity index (χ2n) is 6.03. The van der Waals surface area contributed by atoms with Gasteiger partial charge in [-0.05, 0) is 50.6 Å². The number of carbonyl (C=O) groups excluding carboxylic acids is 2. The summed E-state index contributed by atoms with van der Waals surface area (Å²) >= 11 is 0. The van der Waals surface area contributed by atoms with E-state index in [2.05, 4.69) is 10.6 Å². The third-order valence-electron chi connectivity index (χ3n) is 4.10. The van der Waals surface area contributed by atoms with E-state index in [4.69, 9.17) is 14.3 Å². The second kappa shape index (κ2) is 8.88. The molecule has 144 valence electrons. The van der Waals surface area contributed by atoms with E-state index in [0.29, 0.717) is 0 Å². The molecule has 9 heteroatoms. The summed E-state index contributed by atoms with van der Waals surface area (Å²) in [4.78, 5) is 20.9. The molecule has 2 aliphatic heterocycles. The number of ether oxygens (including phenoxy) is 2. The summed E-state index contributed by atoms with van der Waals surface area (Å²) in [5.41, 5.74) is 1.04. The lowest BCUT2D eigenvalue weighted by Gasteiger charge is -2.24. The fourth-order valence-electron chi connectivity index (χ4n) is 2.68. The smallest absolute Gasteiger partial charge is 0.446 e. The molecule has 2 heterocycles. The number of nitrogens with one attached hydrogen (secondary N) is 2. The number of piperidine rings is 1. The molecule has 0 aliphatic carbocycles. The molecular formula is C17H21F3N2O4. The van der Waals surface area contributed by atoms with Crippen LogP contribution in [0, 0.1) is 5.92 Å². The van der Waals surface area contributed by atoms with Crippen LogP contribution in [0.25, 0.3) is 0 Å². The molecule has 0 aromatic heterocycles. The number of benzene rings is 1. The molecule has 0 spiro atoms. The van der Waals surface area contributed by atoms with Crippen LogP contribution < -0.4 is 20.1 Å². The summed E-state index contributed by atoms with van der Waals surface area (Å²) in [6.07, 6.45) is -3.87. The molecule has 1 aromatic carbocycles. The monoisotopic (exact) mass is 374 g/mol. The minimum Gasteiger partial charge on any atom is -0.454 e. The number of fused-ring (bicyclic) bond motifs is 1. The first-order valence-electron chi connectivity index (χ1n) is 8.24. The predicted octanol–water partition coefficient (Wildman–Crippen LogP) is 2.34. The molecule has 1 aromatic rings. The van der Waals surface area contributed by atoms with Crippen molar-refractivity contribution in [3.63, 3.8) is 0 Å². The first-order chi connectivity index (χ1) is 12.3. The average Bonchev–Trinajstić information content (AvgIpc) is 3.10. The predicted molar refractivity (Wildman–Crippen MR) is 86.8 cm³/mol. The molecule has 0 saturated carbocycles. The van der Waals surface area contributed by atoms with Crippen LogP contribution in [-0.2, 0) is 9.59 Å². The Hall–Kier alpha value is -2.29. The minimum absolute atomic E-state index is 0.0214. The van der Waals surface area contributed by atoms with Crippen molar-refractivity contribution >= 4 is 12.2 Å². The first-order valence-corrected chi connectivity index (χ1v) is 8.24. The van der Waals surface area contributed by atoms with Gasteiger partial charge in [0.1, 0.15) is 0 Å². The van der Waals surface area contributed by atoms with E-state index in [1.165, 1.54) is 0 Å². The van der Waals surface area contributed by atoms with Crippen LogP contribution in [-0.4, -0.2) is 38.3 Å². The number of carbonyl (C=O) groups is 2. The Bertz CT molecular complexity index is 631. The van der Waals surface area contributed by atoms with Gasteiger partial charge >= 0.3 is 6.18 Å². The van der Waals surface area contributed by atoms with Crippen LogP contribution in [0.3, 0.4) is 0 Å². The fourth-order valence-corrected chi connectivity index (χ4v) is 2.68. The Labute approximate surface area is 149 Å². The van der Waals surface area contributed by atoms with Gasteiger partial charge in [0.25, 0.3) is 0 Å². The van der Waals surface area contributed by atoms with Crippen LogP contribution in [0.5, 0.6) is 11.5 Å². The van der Waals surface area contributed by atoms with E-state index in [9.17, 15) is 18.0 Å². The molecular weight excluding hydrogens is 353 g/mol. The van der Waals surface area contributed by atoms with E-state index in [-0.39, 0.29) is 24.7 Å². The Balaban J connectivity index is 0.000000352. The van der Waals surface area contributed by atoms with E-state index in [1.807, 2.05) is 25.1 Å². The summed E-state index contributed by atoms with van der Waals surface area (Å²) in [5.74, 6) is 1.81. The molecule has 1 atom stereocenters. The lowest BCUT2D eigenvalue weighted by Crippen LogP contribution is -2.39. The fraction of sp³-hybridized carbons (Fsp3) is 0.529. The number of aldehydes is 1. The average molecular weight is 374 g/mol. The molecule has 3 rings (SSSR count). The highest BCUT2D eigenvalue weighted by Crippen LogP contribution is 2.34. The van der Waals surface area contributed by atoms with E-state index < -0.39 is 12.5 Å². The minimum atomic E-state index is -4.64. The number of amides is 1. The van der Waals surface area contributed by atoms with Crippen LogP contribution in [0.1, 0.15) is 31.4 Å². The van der Waals surface area contributed by atoms with Crippen molar-refractivity contribution < 1.29 is 32.2 Å². The number of hydrogen-bond acceptors (Lipinski definition) is 5. The first kappa shape index (κ1) is 20.0. The third-order valence-corrected chi connectivity index (χ3v) is 4.10. The van der Waals surface area contributed by atoms with Gasteiger partial charge in [0, 0.05) is 5.92 Å². The summed E-state index contributed by atoms with van der Waals surface area (Å²) < 4.78 is 41.9. The molecule has 2 aliphatic rings. The Morgan fingerprint density at radius 1 is 1.27 bits per heavy atom. The number of rotatable bonds is 3. The zero-order valence-corrected chi connectivity index (χ0v) is 14.3. The number of halogens is 3. The van der Waals surface area contributed by atoms with Gasteiger partial charge in [-0.25, -0.2) is 0 Å². The quantitative estimate of drug-likeness (QED) is 0.795. The van der Waals surface area contributed by atoms with Crippen molar-refractivity contribution in [3.8, 4) is 11.5 Å². The molecule has 1 amide bonds. The van der Waals surface area contributed by atoms with Gasteiger partial charge in [-0.15, -0.1) is 0 Å². The maximum atomic E-state index is 12.2. The Morgan fingerprint density at radius 2 is 1.88 bits per heavy atom. The normalized spacial score (nSPS) is 17.7. The van der Waals surface area contributed by atoms with E-state index in [0.717, 1.165) is 43.0 Å². The highest BCUT2D eigenvalue weighted by molar-refractivity contribution is 5.79. The van der Waals surface area contributed by atoms with Crippen LogP contribution in [0.15, 0.2) is 18.2 Å². The summed E-state index contributed by atoms with van der Waals surface area (Å²) in [6.45, 7) is 4.12. The van der Waals surface area contributed by atoms with Crippen molar-refractivity contribution in [2.45, 2.75) is 32.0 Å². The van der Waals surface area contributed by atoms with Gasteiger partial charge in [0.15, 0.2) is 11.5 Å². The van der Waals surface area contributed by atoms with Crippen molar-refractivity contribution in [2.24, 2.45) is 5.92 Å². The Kier molecular flexibility index (Phi) is 6.84. The molecule has 1 unspecified atom stereocenters. The van der Waals surface area contributed by atoms with Gasteiger partial charge in [-0.3, -0.25) is 9.59 Å². The van der Waals surface area contributed by atoms with Crippen LogP contribution in [0.2, 0.25) is 0 Å². The van der Waals surface area contributed by atoms with Crippen molar-refractivity contribution in [1.29, 1.82) is 0 Å². The third kappa shape index (κ3) is 5.91. The lowest BCUT2D eigenvalue weighted by molar-refractivity contribution is -0.156. The van der Waals surface area contributed by atoms with Crippen molar-refractivity contribution in [2.75, 3.05) is 19.9 Å². The molecule has 1 saturated heterocycles.